The van der Waals surface area contributed by atoms with Crippen LogP contribution in [0.3, 0.4) is 0 Å². The van der Waals surface area contributed by atoms with Crippen molar-refractivity contribution in [2.75, 3.05) is 0 Å². The molecule has 0 spiro atoms. The van der Waals surface area contributed by atoms with Crippen LogP contribution in [0.4, 0.5) is 0 Å². The normalized spacial score (nSPS) is 59.1. The van der Waals surface area contributed by atoms with Crippen LogP contribution in [-0.4, -0.2) is 17.3 Å². The lowest BCUT2D eigenvalue weighted by Crippen LogP contribution is -2.41. The molecule has 0 unspecified atom stereocenters. The molecule has 6 fully saturated rings. The van der Waals surface area contributed by atoms with Gasteiger partial charge in [-0.05, 0) is 35.7 Å². The summed E-state index contributed by atoms with van der Waals surface area (Å²) in [5.74, 6) is 3.68. The van der Waals surface area contributed by atoms with E-state index in [1.54, 1.807) is 0 Å². The van der Waals surface area contributed by atoms with Crippen molar-refractivity contribution < 1.29 is 14.4 Å². The number of rotatable bonds is 0. The maximum absolute atomic E-state index is 12.7. The van der Waals surface area contributed by atoms with Gasteiger partial charge < -0.3 is 0 Å². The molecule has 0 aromatic heterocycles. The van der Waals surface area contributed by atoms with E-state index in [0.717, 1.165) is 17.6 Å². The number of hydrogen-bond donors (Lipinski definition) is 0. The fraction of sp³-hybridized carbons (Fsp3) is 0.688. The van der Waals surface area contributed by atoms with Gasteiger partial charge in [0.1, 0.15) is 17.3 Å². The lowest BCUT2D eigenvalue weighted by molar-refractivity contribution is -0.127. The molecule has 0 N–H and O–H groups in total. The number of Topliss-reactive ketones (excluding diaryl/α,β-unsaturated/α-hetero) is 3. The molecular weight excluding hydrogens is 240 g/mol. The molecule has 6 aliphatic carbocycles. The number of carbonyl (C=O) groups excluding carboxylic acids is 3. The highest BCUT2D eigenvalue weighted by Gasteiger charge is 2.81. The Morgan fingerprint density at radius 1 is 0.737 bits per heavy atom. The topological polar surface area (TPSA) is 51.2 Å². The molecule has 0 bridgehead atoms. The molecular formula is C16H14O3. The molecule has 6 aliphatic rings. The van der Waals surface area contributed by atoms with E-state index >= 15 is 0 Å². The van der Waals surface area contributed by atoms with Gasteiger partial charge in [0.25, 0.3) is 0 Å². The summed E-state index contributed by atoms with van der Waals surface area (Å²) in [5.41, 5.74) is 2.32. The van der Waals surface area contributed by atoms with Crippen LogP contribution in [-0.2, 0) is 14.4 Å². The molecule has 6 rings (SSSR count). The van der Waals surface area contributed by atoms with E-state index in [1.807, 2.05) is 0 Å². The summed E-state index contributed by atoms with van der Waals surface area (Å²) in [5, 5.41) is 0. The zero-order valence-corrected chi connectivity index (χ0v) is 10.5. The van der Waals surface area contributed by atoms with Crippen LogP contribution in [0.15, 0.2) is 11.1 Å². The van der Waals surface area contributed by atoms with Crippen molar-refractivity contribution in [1.29, 1.82) is 0 Å². The molecule has 0 amide bonds. The molecule has 8 atom stereocenters. The van der Waals surface area contributed by atoms with Gasteiger partial charge in [0.05, 0.1) is 0 Å². The second-order valence-electron chi connectivity index (χ2n) is 7.47. The van der Waals surface area contributed by atoms with Crippen molar-refractivity contribution in [3.8, 4) is 0 Å². The van der Waals surface area contributed by atoms with Crippen LogP contribution in [0.25, 0.3) is 0 Å². The first-order valence-electron chi connectivity index (χ1n) is 7.49. The fourth-order valence-corrected chi connectivity index (χ4v) is 6.87. The third-order valence-electron chi connectivity index (χ3n) is 7.23. The summed E-state index contributed by atoms with van der Waals surface area (Å²) in [4.78, 5) is 36.6. The first-order chi connectivity index (χ1) is 9.18. The molecule has 3 nitrogen and oxygen atoms in total. The monoisotopic (exact) mass is 254 g/mol. The van der Waals surface area contributed by atoms with Gasteiger partial charge in [0, 0.05) is 36.5 Å². The average Bonchev–Trinajstić information content (AvgIpc) is 2.92. The minimum atomic E-state index is 0.0505. The smallest absolute Gasteiger partial charge is 0.143 e. The number of hydrogen-bond acceptors (Lipinski definition) is 3. The maximum Gasteiger partial charge on any atom is 0.143 e. The van der Waals surface area contributed by atoms with E-state index in [2.05, 4.69) is 0 Å². The average molecular weight is 254 g/mol. The van der Waals surface area contributed by atoms with Gasteiger partial charge in [0.15, 0.2) is 0 Å². The largest absolute Gasteiger partial charge is 0.299 e. The highest BCUT2D eigenvalue weighted by atomic mass is 16.1. The molecule has 3 heteroatoms. The summed E-state index contributed by atoms with van der Waals surface area (Å²) in [7, 11) is 0. The lowest BCUT2D eigenvalue weighted by atomic mass is 9.60. The van der Waals surface area contributed by atoms with E-state index in [9.17, 15) is 14.4 Å². The number of ketones is 3. The predicted molar refractivity (Wildman–Crippen MR) is 63.8 cm³/mol. The van der Waals surface area contributed by atoms with Gasteiger partial charge in [0.2, 0.25) is 0 Å². The Morgan fingerprint density at radius 3 is 1.74 bits per heavy atom. The molecule has 0 aromatic carbocycles. The zero-order valence-electron chi connectivity index (χ0n) is 10.5. The third-order valence-corrected chi connectivity index (χ3v) is 7.23. The standard InChI is InChI=1S/C16H14O3/c17-5-1-4(2-5)8-13-11-9-6(15(13)18)3-7-10(9)12(11)14(8)16(7)19/h6-7,9-14H,1-3H2/t6-,7+,9-,10+,11-,12-,13+,14+/m1/s1. The summed E-state index contributed by atoms with van der Waals surface area (Å²) in [6, 6.07) is 0. The van der Waals surface area contributed by atoms with Crippen LogP contribution in [0.5, 0.6) is 0 Å². The first-order valence-corrected chi connectivity index (χ1v) is 7.49. The highest BCUT2D eigenvalue weighted by molar-refractivity contribution is 6.03. The molecule has 6 saturated carbocycles. The van der Waals surface area contributed by atoms with Crippen molar-refractivity contribution in [3.05, 3.63) is 11.1 Å². The van der Waals surface area contributed by atoms with E-state index in [0.29, 0.717) is 48.1 Å². The molecule has 0 heterocycles. The predicted octanol–water partition coefficient (Wildman–Crippen LogP) is 1.17. The summed E-state index contributed by atoms with van der Waals surface area (Å²) >= 11 is 0. The maximum atomic E-state index is 12.7. The number of carbonyl (C=O) groups is 3. The van der Waals surface area contributed by atoms with Crippen molar-refractivity contribution in [2.24, 2.45) is 47.3 Å². The van der Waals surface area contributed by atoms with Crippen molar-refractivity contribution in [3.63, 3.8) is 0 Å². The first kappa shape index (κ1) is 9.62. The Kier molecular flexibility index (Phi) is 1.27. The molecule has 0 saturated heterocycles. The Morgan fingerprint density at radius 2 is 1.26 bits per heavy atom. The molecule has 0 aliphatic heterocycles. The minimum Gasteiger partial charge on any atom is -0.299 e. The summed E-state index contributed by atoms with van der Waals surface area (Å²) in [6.07, 6.45) is 1.90. The van der Waals surface area contributed by atoms with Crippen LogP contribution in [0.2, 0.25) is 0 Å². The highest BCUT2D eigenvalue weighted by Crippen LogP contribution is 2.79. The summed E-state index contributed by atoms with van der Waals surface area (Å²) in [6.45, 7) is 0. The van der Waals surface area contributed by atoms with Gasteiger partial charge in [-0.3, -0.25) is 14.4 Å². The zero-order chi connectivity index (χ0) is 12.6. The van der Waals surface area contributed by atoms with Gasteiger partial charge >= 0.3 is 0 Å². The van der Waals surface area contributed by atoms with Crippen molar-refractivity contribution >= 4 is 17.3 Å². The molecule has 96 valence electrons. The van der Waals surface area contributed by atoms with Crippen LogP contribution in [0, 0.1) is 47.3 Å². The minimum absolute atomic E-state index is 0.0505. The molecule has 0 radical (unpaired) electrons. The quantitative estimate of drug-likeness (QED) is 0.610. The van der Waals surface area contributed by atoms with Gasteiger partial charge in [-0.2, -0.15) is 0 Å². The van der Waals surface area contributed by atoms with Crippen LogP contribution in [0.1, 0.15) is 19.3 Å². The molecule has 19 heavy (non-hydrogen) atoms. The van der Waals surface area contributed by atoms with Crippen molar-refractivity contribution in [1.82, 2.24) is 0 Å². The SMILES string of the molecule is O=C1CC(=C2[C@@H]3C(=O)[C@H]4C[C@H]5C(=O)[C@@H]2[C@H]2[C@H]3[C@@H]4[C@H]25)C1. The Balaban J connectivity index is 1.63. The van der Waals surface area contributed by atoms with E-state index in [1.165, 1.54) is 0 Å². The van der Waals surface area contributed by atoms with E-state index < -0.39 is 0 Å². The van der Waals surface area contributed by atoms with Crippen LogP contribution < -0.4 is 0 Å². The Hall–Kier alpha value is -1.25. The van der Waals surface area contributed by atoms with E-state index in [-0.39, 0.29) is 29.5 Å². The number of allylic oxidation sites excluding steroid dienone is 2. The second-order valence-corrected chi connectivity index (χ2v) is 7.47. The Bertz CT molecular complexity index is 592. The lowest BCUT2D eigenvalue weighted by Gasteiger charge is -2.43. The second kappa shape index (κ2) is 2.50. The van der Waals surface area contributed by atoms with Gasteiger partial charge in [-0.15, -0.1) is 0 Å². The van der Waals surface area contributed by atoms with Gasteiger partial charge in [-0.1, -0.05) is 5.57 Å². The van der Waals surface area contributed by atoms with Gasteiger partial charge in [-0.25, -0.2) is 0 Å². The van der Waals surface area contributed by atoms with Crippen molar-refractivity contribution in [2.45, 2.75) is 19.3 Å². The Labute approximate surface area is 110 Å². The third kappa shape index (κ3) is 0.728. The fourth-order valence-electron chi connectivity index (χ4n) is 6.87. The summed E-state index contributed by atoms with van der Waals surface area (Å²) < 4.78 is 0. The molecule has 0 aromatic rings. The van der Waals surface area contributed by atoms with Crippen LogP contribution >= 0.6 is 0 Å². The van der Waals surface area contributed by atoms with E-state index in [4.69, 9.17) is 0 Å².